The number of urea groups is 1. The number of carboxylic acid groups (broad SMARTS) is 2. The second-order valence-electron chi connectivity index (χ2n) is 3.96. The number of hydrogen-bond acceptors (Lipinski definition) is 5. The number of amides is 2. The smallest absolute Gasteiger partial charge is 0.326 e. The summed E-state index contributed by atoms with van der Waals surface area (Å²) in [5, 5.41) is 22.5. The fourth-order valence-corrected chi connectivity index (χ4v) is 2.29. The van der Waals surface area contributed by atoms with Crippen molar-refractivity contribution in [1.29, 1.82) is 0 Å². The van der Waals surface area contributed by atoms with Gasteiger partial charge < -0.3 is 20.8 Å². The molecule has 0 bridgehead atoms. The van der Waals surface area contributed by atoms with Gasteiger partial charge in [0.25, 0.3) is 0 Å². The third-order valence-electron chi connectivity index (χ3n) is 2.43. The molecule has 20 heavy (non-hydrogen) atoms. The van der Waals surface area contributed by atoms with Crippen LogP contribution in [0.15, 0.2) is 0 Å². The summed E-state index contributed by atoms with van der Waals surface area (Å²) in [4.78, 5) is 33.6. The molecule has 0 radical (unpaired) electrons. The zero-order valence-electron chi connectivity index (χ0n) is 11.4. The molecule has 0 aromatic carbocycles. The van der Waals surface area contributed by atoms with Gasteiger partial charge in [-0.3, -0.25) is 0 Å². The zero-order valence-corrected chi connectivity index (χ0v) is 13.1. The second kappa shape index (κ2) is 10.7. The van der Waals surface area contributed by atoms with E-state index in [1.165, 1.54) is 23.5 Å². The van der Waals surface area contributed by atoms with Crippen LogP contribution in [0.4, 0.5) is 4.79 Å². The summed E-state index contributed by atoms with van der Waals surface area (Å²) in [5.41, 5.74) is 0. The Balaban J connectivity index is 4.40. The van der Waals surface area contributed by atoms with E-state index < -0.39 is 30.1 Å². The molecular weight excluding hydrogens is 304 g/mol. The lowest BCUT2D eigenvalue weighted by molar-refractivity contribution is -0.139. The molecule has 0 aromatic rings. The van der Waals surface area contributed by atoms with Gasteiger partial charge in [0, 0.05) is 0 Å². The van der Waals surface area contributed by atoms with Gasteiger partial charge in [0.15, 0.2) is 0 Å². The first kappa shape index (κ1) is 18.9. The van der Waals surface area contributed by atoms with Crippen LogP contribution in [0, 0.1) is 0 Å². The van der Waals surface area contributed by atoms with Crippen molar-refractivity contribution in [2.75, 3.05) is 24.0 Å². The molecule has 7 nitrogen and oxygen atoms in total. The maximum atomic E-state index is 11.6. The topological polar surface area (TPSA) is 116 Å². The summed E-state index contributed by atoms with van der Waals surface area (Å²) in [6.07, 6.45) is 4.24. The van der Waals surface area contributed by atoms with Crippen LogP contribution in [-0.4, -0.2) is 64.3 Å². The average Bonchev–Trinajstić information content (AvgIpc) is 2.38. The van der Waals surface area contributed by atoms with E-state index in [0.717, 1.165) is 0 Å². The van der Waals surface area contributed by atoms with Gasteiger partial charge >= 0.3 is 18.0 Å². The molecule has 2 unspecified atom stereocenters. The highest BCUT2D eigenvalue weighted by molar-refractivity contribution is 7.98. The van der Waals surface area contributed by atoms with E-state index in [1.807, 2.05) is 12.5 Å². The minimum Gasteiger partial charge on any atom is -0.480 e. The molecular formula is C11H20N2O5S2. The van der Waals surface area contributed by atoms with Crippen molar-refractivity contribution in [3.05, 3.63) is 0 Å². The highest BCUT2D eigenvalue weighted by Crippen LogP contribution is 2.03. The SMILES string of the molecule is CSCCC(NC(=O)NC(CCSC)C(=O)O)C(=O)O. The van der Waals surface area contributed by atoms with E-state index in [0.29, 0.717) is 11.5 Å². The monoisotopic (exact) mass is 324 g/mol. The van der Waals surface area contributed by atoms with Gasteiger partial charge in [0.1, 0.15) is 12.1 Å². The maximum absolute atomic E-state index is 11.6. The van der Waals surface area contributed by atoms with Gasteiger partial charge in [-0.15, -0.1) is 0 Å². The van der Waals surface area contributed by atoms with Gasteiger partial charge in [-0.1, -0.05) is 0 Å². The molecule has 0 saturated carbocycles. The standard InChI is InChI=1S/C11H20N2O5S2/c1-19-5-3-7(9(14)15)12-11(18)13-8(10(16)17)4-6-20-2/h7-8H,3-6H2,1-2H3,(H,14,15)(H,16,17)(H2,12,13,18). The third kappa shape index (κ3) is 8.16. The lowest BCUT2D eigenvalue weighted by Gasteiger charge is -2.18. The summed E-state index contributed by atoms with van der Waals surface area (Å²) in [6.45, 7) is 0. The quantitative estimate of drug-likeness (QED) is 0.467. The molecule has 2 atom stereocenters. The van der Waals surface area contributed by atoms with Crippen LogP contribution in [0.25, 0.3) is 0 Å². The molecule has 2 amide bonds. The predicted molar refractivity (Wildman–Crippen MR) is 80.5 cm³/mol. The van der Waals surface area contributed by atoms with Crippen LogP contribution in [0.3, 0.4) is 0 Å². The van der Waals surface area contributed by atoms with E-state index in [1.54, 1.807) is 0 Å². The Kier molecular flexibility index (Phi) is 10.1. The number of hydrogen-bond donors (Lipinski definition) is 4. The van der Waals surface area contributed by atoms with Crippen LogP contribution >= 0.6 is 23.5 Å². The first-order chi connectivity index (χ1) is 9.42. The van der Waals surface area contributed by atoms with Gasteiger partial charge in [0.2, 0.25) is 0 Å². The number of carbonyl (C=O) groups is 3. The maximum Gasteiger partial charge on any atom is 0.326 e. The van der Waals surface area contributed by atoms with Crippen molar-refractivity contribution in [2.45, 2.75) is 24.9 Å². The van der Waals surface area contributed by atoms with Crippen molar-refractivity contribution in [3.63, 3.8) is 0 Å². The normalized spacial score (nSPS) is 13.3. The molecule has 9 heteroatoms. The molecule has 116 valence electrons. The van der Waals surface area contributed by atoms with Crippen molar-refractivity contribution in [2.24, 2.45) is 0 Å². The molecule has 0 aliphatic carbocycles. The van der Waals surface area contributed by atoms with E-state index in [2.05, 4.69) is 10.6 Å². The minimum atomic E-state index is -1.13. The van der Waals surface area contributed by atoms with Crippen LogP contribution in [0.1, 0.15) is 12.8 Å². The van der Waals surface area contributed by atoms with Gasteiger partial charge in [-0.25, -0.2) is 14.4 Å². The summed E-state index contributed by atoms with van der Waals surface area (Å²) < 4.78 is 0. The first-order valence-corrected chi connectivity index (χ1v) is 8.71. The number of aliphatic carboxylic acids is 2. The van der Waals surface area contributed by atoms with Gasteiger partial charge in [-0.2, -0.15) is 23.5 Å². The Bertz CT molecular complexity index is 311. The average molecular weight is 324 g/mol. The second-order valence-corrected chi connectivity index (χ2v) is 5.93. The minimum absolute atomic E-state index is 0.284. The number of rotatable bonds is 10. The molecule has 0 heterocycles. The van der Waals surface area contributed by atoms with E-state index in [4.69, 9.17) is 10.2 Å². The Morgan fingerprint density at radius 2 is 1.25 bits per heavy atom. The summed E-state index contributed by atoms with van der Waals surface area (Å²) in [5.74, 6) is -1.09. The number of thioether (sulfide) groups is 2. The number of carboxylic acids is 2. The fraction of sp³-hybridized carbons (Fsp3) is 0.727. The van der Waals surface area contributed by atoms with Gasteiger partial charge in [-0.05, 0) is 36.9 Å². The molecule has 0 saturated heterocycles. The van der Waals surface area contributed by atoms with Crippen LogP contribution in [0.2, 0.25) is 0 Å². The molecule has 0 spiro atoms. The Morgan fingerprint density at radius 1 is 0.900 bits per heavy atom. The largest absolute Gasteiger partial charge is 0.480 e. The lowest BCUT2D eigenvalue weighted by Crippen LogP contribution is -2.51. The number of carbonyl (C=O) groups excluding carboxylic acids is 1. The highest BCUT2D eigenvalue weighted by Gasteiger charge is 2.23. The van der Waals surface area contributed by atoms with Crippen molar-refractivity contribution >= 4 is 41.5 Å². The Labute approximate surface area is 126 Å². The molecule has 0 aliphatic rings. The van der Waals surface area contributed by atoms with E-state index in [-0.39, 0.29) is 12.8 Å². The molecule has 0 rings (SSSR count). The van der Waals surface area contributed by atoms with Crippen molar-refractivity contribution in [3.8, 4) is 0 Å². The van der Waals surface area contributed by atoms with Gasteiger partial charge in [0.05, 0.1) is 0 Å². The summed E-state index contributed by atoms with van der Waals surface area (Å²) >= 11 is 2.94. The molecule has 0 fully saturated rings. The van der Waals surface area contributed by atoms with Crippen LogP contribution in [0.5, 0.6) is 0 Å². The van der Waals surface area contributed by atoms with E-state index in [9.17, 15) is 14.4 Å². The first-order valence-electron chi connectivity index (χ1n) is 5.92. The Morgan fingerprint density at radius 3 is 1.50 bits per heavy atom. The van der Waals surface area contributed by atoms with Crippen molar-refractivity contribution < 1.29 is 24.6 Å². The molecule has 0 aliphatic heterocycles. The Hall–Kier alpha value is -1.09. The fourth-order valence-electron chi connectivity index (χ4n) is 1.34. The number of nitrogens with one attached hydrogen (secondary N) is 2. The lowest BCUT2D eigenvalue weighted by atomic mass is 10.2. The van der Waals surface area contributed by atoms with Crippen LogP contribution < -0.4 is 10.6 Å². The summed E-state index contributed by atoms with van der Waals surface area (Å²) in [7, 11) is 0. The van der Waals surface area contributed by atoms with Crippen LogP contribution in [-0.2, 0) is 9.59 Å². The summed E-state index contributed by atoms with van der Waals surface area (Å²) in [6, 6.07) is -2.80. The predicted octanol–water partition coefficient (Wildman–Crippen LogP) is 0.698. The highest BCUT2D eigenvalue weighted by atomic mass is 32.2. The molecule has 0 aromatic heterocycles. The third-order valence-corrected chi connectivity index (χ3v) is 3.72. The van der Waals surface area contributed by atoms with E-state index >= 15 is 0 Å². The molecule has 4 N–H and O–H groups in total. The van der Waals surface area contributed by atoms with Crippen molar-refractivity contribution in [1.82, 2.24) is 10.6 Å². The zero-order chi connectivity index (χ0) is 15.5.